The molecule has 1 aliphatic heterocycles. The second-order valence-corrected chi connectivity index (χ2v) is 8.53. The summed E-state index contributed by atoms with van der Waals surface area (Å²) in [6.45, 7) is 0. The highest BCUT2D eigenvalue weighted by Gasteiger charge is 2.42. The third-order valence-electron chi connectivity index (χ3n) is 5.40. The highest BCUT2D eigenvalue weighted by molar-refractivity contribution is 9.10. The number of aromatic nitrogens is 2. The minimum Gasteiger partial charge on any atom is -0.351 e. The Labute approximate surface area is 193 Å². The van der Waals surface area contributed by atoms with Gasteiger partial charge in [0, 0.05) is 28.2 Å². The van der Waals surface area contributed by atoms with Crippen molar-refractivity contribution in [3.63, 3.8) is 0 Å². The molecule has 0 unspecified atom stereocenters. The molecular formula is C24H18BrFN4S. The molecule has 0 amide bonds. The van der Waals surface area contributed by atoms with Crippen molar-refractivity contribution in [1.82, 2.24) is 14.9 Å². The number of thiocarbonyl (C=S) groups is 1. The Bertz CT molecular complexity index is 1230. The minimum absolute atomic E-state index is 0.239. The van der Waals surface area contributed by atoms with Gasteiger partial charge in [0.25, 0.3) is 0 Å². The van der Waals surface area contributed by atoms with E-state index in [0.717, 1.165) is 21.5 Å². The van der Waals surface area contributed by atoms with E-state index in [1.165, 1.54) is 6.07 Å². The van der Waals surface area contributed by atoms with Crippen LogP contribution in [0.1, 0.15) is 23.5 Å². The summed E-state index contributed by atoms with van der Waals surface area (Å²) in [6.07, 6.45) is 3.77. The summed E-state index contributed by atoms with van der Waals surface area (Å²) in [5.74, 6) is -0.319. The summed E-state index contributed by atoms with van der Waals surface area (Å²) >= 11 is 9.19. The number of hydrogen-bond donors (Lipinski definition) is 1. The van der Waals surface area contributed by atoms with Crippen molar-refractivity contribution in [2.75, 3.05) is 4.90 Å². The maximum atomic E-state index is 14.9. The molecule has 1 N–H and O–H groups in total. The van der Waals surface area contributed by atoms with Crippen molar-refractivity contribution in [3.8, 4) is 5.69 Å². The standard InChI is InChI=1S/C24H18BrFN4S/c25-16-10-12-17(13-11-16)29-15-5-9-21(29)23-22(19-7-3-4-14-27-19)28-24(31)30(23)20-8-2-1-6-18(20)26/h1-15,22-23H,(H,28,31)/t22-,23-/m0/s1. The van der Waals surface area contributed by atoms with E-state index >= 15 is 0 Å². The zero-order chi connectivity index (χ0) is 21.4. The van der Waals surface area contributed by atoms with Crippen LogP contribution in [-0.4, -0.2) is 14.7 Å². The van der Waals surface area contributed by atoms with Gasteiger partial charge in [-0.15, -0.1) is 0 Å². The van der Waals surface area contributed by atoms with E-state index in [-0.39, 0.29) is 17.9 Å². The summed E-state index contributed by atoms with van der Waals surface area (Å²) in [7, 11) is 0. The third-order valence-corrected chi connectivity index (χ3v) is 6.24. The molecule has 0 aliphatic carbocycles. The maximum Gasteiger partial charge on any atom is 0.174 e. The summed E-state index contributed by atoms with van der Waals surface area (Å²) in [6, 6.07) is 24.1. The normalized spacial score (nSPS) is 18.3. The van der Waals surface area contributed by atoms with Gasteiger partial charge in [-0.05, 0) is 72.9 Å². The van der Waals surface area contributed by atoms with Crippen LogP contribution < -0.4 is 10.2 Å². The van der Waals surface area contributed by atoms with Gasteiger partial charge in [-0.25, -0.2) is 4.39 Å². The molecule has 2 aromatic heterocycles. The van der Waals surface area contributed by atoms with Gasteiger partial charge >= 0.3 is 0 Å². The molecule has 2 atom stereocenters. The molecule has 3 heterocycles. The molecule has 4 nitrogen and oxygen atoms in total. The third kappa shape index (κ3) is 3.64. The lowest BCUT2D eigenvalue weighted by molar-refractivity contribution is 0.542. The Kier molecular flexibility index (Phi) is 5.29. The Morgan fingerprint density at radius 2 is 1.71 bits per heavy atom. The van der Waals surface area contributed by atoms with Crippen molar-refractivity contribution in [2.45, 2.75) is 12.1 Å². The van der Waals surface area contributed by atoms with Gasteiger partial charge < -0.3 is 14.8 Å². The van der Waals surface area contributed by atoms with Crippen LogP contribution in [0.4, 0.5) is 10.1 Å². The van der Waals surface area contributed by atoms with E-state index in [9.17, 15) is 4.39 Å². The van der Waals surface area contributed by atoms with E-state index in [2.05, 4.69) is 30.8 Å². The first-order valence-electron chi connectivity index (χ1n) is 9.82. The Morgan fingerprint density at radius 1 is 0.935 bits per heavy atom. The number of para-hydroxylation sites is 1. The molecule has 1 fully saturated rings. The molecular weight excluding hydrogens is 475 g/mol. The van der Waals surface area contributed by atoms with Crippen molar-refractivity contribution in [1.29, 1.82) is 0 Å². The average molecular weight is 493 g/mol. The van der Waals surface area contributed by atoms with Gasteiger partial charge in [-0.3, -0.25) is 4.98 Å². The number of benzene rings is 2. The lowest BCUT2D eigenvalue weighted by atomic mass is 10.0. The van der Waals surface area contributed by atoms with E-state index in [0.29, 0.717) is 10.8 Å². The summed E-state index contributed by atoms with van der Waals surface area (Å²) in [4.78, 5) is 6.42. The second kappa shape index (κ2) is 8.24. The number of hydrogen-bond acceptors (Lipinski definition) is 2. The van der Waals surface area contributed by atoms with Gasteiger partial charge in [0.15, 0.2) is 5.11 Å². The fraction of sp³-hybridized carbons (Fsp3) is 0.0833. The Morgan fingerprint density at radius 3 is 2.45 bits per heavy atom. The lowest BCUT2D eigenvalue weighted by Gasteiger charge is -2.29. The van der Waals surface area contributed by atoms with Gasteiger partial charge in [0.1, 0.15) is 11.9 Å². The number of anilines is 1. The molecule has 0 radical (unpaired) electrons. The molecule has 31 heavy (non-hydrogen) atoms. The molecule has 0 saturated carbocycles. The highest BCUT2D eigenvalue weighted by atomic mass is 79.9. The summed E-state index contributed by atoms with van der Waals surface area (Å²) < 4.78 is 18.0. The zero-order valence-electron chi connectivity index (χ0n) is 16.3. The monoisotopic (exact) mass is 492 g/mol. The largest absolute Gasteiger partial charge is 0.351 e. The minimum atomic E-state index is -0.319. The molecule has 5 rings (SSSR count). The zero-order valence-corrected chi connectivity index (χ0v) is 18.7. The van der Waals surface area contributed by atoms with Crippen molar-refractivity contribution >= 4 is 38.9 Å². The Hall–Kier alpha value is -3.03. The predicted octanol–water partition coefficient (Wildman–Crippen LogP) is 5.95. The fourth-order valence-corrected chi connectivity index (χ4v) is 4.64. The van der Waals surface area contributed by atoms with Gasteiger partial charge in [0.2, 0.25) is 0 Å². The van der Waals surface area contributed by atoms with Crippen molar-refractivity contribution in [2.24, 2.45) is 0 Å². The van der Waals surface area contributed by atoms with E-state index < -0.39 is 0 Å². The first kappa shape index (κ1) is 19.9. The van der Waals surface area contributed by atoms with E-state index in [4.69, 9.17) is 12.2 Å². The van der Waals surface area contributed by atoms with Gasteiger partial charge in [0.05, 0.1) is 17.4 Å². The number of nitrogens with one attached hydrogen (secondary N) is 1. The molecule has 1 aliphatic rings. The molecule has 4 aromatic rings. The van der Waals surface area contributed by atoms with Crippen LogP contribution in [0.3, 0.4) is 0 Å². The molecule has 154 valence electrons. The van der Waals surface area contributed by atoms with Crippen LogP contribution in [0.15, 0.2) is 95.7 Å². The molecule has 0 bridgehead atoms. The summed E-state index contributed by atoms with van der Waals surface area (Å²) in [5.41, 5.74) is 3.27. The SMILES string of the molecule is Fc1ccccc1N1C(=S)N[C@@H](c2ccccn2)[C@@H]1c1cccn1-c1ccc(Br)cc1. The van der Waals surface area contributed by atoms with Crippen LogP contribution in [0.2, 0.25) is 0 Å². The van der Waals surface area contributed by atoms with Crippen LogP contribution in [0.25, 0.3) is 5.69 Å². The van der Waals surface area contributed by atoms with E-state index in [1.54, 1.807) is 18.3 Å². The number of pyridine rings is 1. The van der Waals surface area contributed by atoms with Crippen LogP contribution in [-0.2, 0) is 0 Å². The van der Waals surface area contributed by atoms with E-state index in [1.807, 2.05) is 71.8 Å². The smallest absolute Gasteiger partial charge is 0.174 e. The van der Waals surface area contributed by atoms with Crippen molar-refractivity contribution in [3.05, 3.63) is 113 Å². The van der Waals surface area contributed by atoms with Gasteiger partial charge in [-0.2, -0.15) is 0 Å². The van der Waals surface area contributed by atoms with Crippen LogP contribution >= 0.6 is 28.1 Å². The van der Waals surface area contributed by atoms with Crippen molar-refractivity contribution < 1.29 is 4.39 Å². The molecule has 1 saturated heterocycles. The highest BCUT2D eigenvalue weighted by Crippen LogP contribution is 2.42. The van der Waals surface area contributed by atoms with Crippen LogP contribution in [0.5, 0.6) is 0 Å². The molecule has 2 aromatic carbocycles. The second-order valence-electron chi connectivity index (χ2n) is 7.23. The number of halogens is 2. The first-order valence-corrected chi connectivity index (χ1v) is 11.0. The molecule has 0 spiro atoms. The summed E-state index contributed by atoms with van der Waals surface area (Å²) in [5, 5.41) is 3.85. The Balaban J connectivity index is 1.68. The molecule has 7 heteroatoms. The first-order chi connectivity index (χ1) is 15.1. The lowest BCUT2D eigenvalue weighted by Crippen LogP contribution is -2.31. The van der Waals surface area contributed by atoms with Crippen LogP contribution in [0, 0.1) is 5.82 Å². The number of nitrogens with zero attached hydrogens (tertiary/aromatic N) is 3. The fourth-order valence-electron chi connectivity index (χ4n) is 4.03. The quantitative estimate of drug-likeness (QED) is 0.356. The van der Waals surface area contributed by atoms with Gasteiger partial charge in [-0.1, -0.05) is 34.1 Å². The topological polar surface area (TPSA) is 33.1 Å². The number of rotatable bonds is 4. The predicted molar refractivity (Wildman–Crippen MR) is 128 cm³/mol. The maximum absolute atomic E-state index is 14.9. The average Bonchev–Trinajstić information content (AvgIpc) is 3.40.